The number of anilines is 1. The second-order valence-electron chi connectivity index (χ2n) is 7.91. The van der Waals surface area contributed by atoms with Crippen molar-refractivity contribution in [2.24, 2.45) is 5.73 Å². The number of likely N-dealkylation sites (tertiary alicyclic amines) is 1. The Balaban J connectivity index is 0.000000968. The van der Waals surface area contributed by atoms with Crippen molar-refractivity contribution in [3.05, 3.63) is 65.7 Å². The van der Waals surface area contributed by atoms with Crippen molar-refractivity contribution in [2.75, 3.05) is 25.1 Å². The Morgan fingerprint density at radius 1 is 1.15 bits per heavy atom. The molecular formula is C24H27N3O6. The van der Waals surface area contributed by atoms with Gasteiger partial charge in [0.25, 0.3) is 6.47 Å². The normalized spacial score (nSPS) is 20.5. The van der Waals surface area contributed by atoms with Gasteiger partial charge in [-0.2, -0.15) is 0 Å². The summed E-state index contributed by atoms with van der Waals surface area (Å²) in [4.78, 5) is 47.2. The van der Waals surface area contributed by atoms with E-state index in [1.165, 1.54) is 0 Å². The molecule has 3 amide bonds. The number of hydrogen-bond donors (Lipinski definition) is 3. The quantitative estimate of drug-likeness (QED) is 0.540. The monoisotopic (exact) mass is 453 g/mol. The highest BCUT2D eigenvalue weighted by atomic mass is 16.5. The standard InChI is InChI=1S/C23H25N3O4.CH2O2/c24-20(27)14-30-15-21(28)26-13-12-23(17-8-4-5-9-18(17)25-22(23)29)19(26)11-10-16-6-2-1-3-7-16;2-1-3/h1-9,19H,10-15H2,(H2,24,27)(H,25,29);1H,(H,2,3)/t19-,23-;/m0./s1. The summed E-state index contributed by atoms with van der Waals surface area (Å²) in [6.45, 7) is -0.327. The van der Waals surface area contributed by atoms with E-state index in [2.05, 4.69) is 5.32 Å². The number of benzene rings is 2. The predicted octanol–water partition coefficient (Wildman–Crippen LogP) is 1.31. The smallest absolute Gasteiger partial charge is 0.290 e. The van der Waals surface area contributed by atoms with Gasteiger partial charge in [-0.05, 0) is 36.5 Å². The van der Waals surface area contributed by atoms with Crippen LogP contribution < -0.4 is 11.1 Å². The second-order valence-corrected chi connectivity index (χ2v) is 7.91. The summed E-state index contributed by atoms with van der Waals surface area (Å²) >= 11 is 0. The van der Waals surface area contributed by atoms with Gasteiger partial charge in [0.2, 0.25) is 17.7 Å². The number of nitrogens with one attached hydrogen (secondary N) is 1. The van der Waals surface area contributed by atoms with Crippen LogP contribution in [0.2, 0.25) is 0 Å². The predicted molar refractivity (Wildman–Crippen MR) is 120 cm³/mol. The molecule has 0 bridgehead atoms. The first kappa shape index (κ1) is 23.9. The number of fused-ring (bicyclic) bond motifs is 2. The van der Waals surface area contributed by atoms with Crippen molar-refractivity contribution >= 4 is 29.9 Å². The zero-order chi connectivity index (χ0) is 23.8. The molecule has 33 heavy (non-hydrogen) atoms. The number of hydrogen-bond acceptors (Lipinski definition) is 5. The maximum Gasteiger partial charge on any atom is 0.290 e. The molecule has 2 aliphatic heterocycles. The Hall–Kier alpha value is -3.72. The number of rotatable bonds is 7. The zero-order valence-electron chi connectivity index (χ0n) is 18.1. The van der Waals surface area contributed by atoms with Crippen molar-refractivity contribution < 1.29 is 29.0 Å². The Labute approximate surface area is 191 Å². The molecule has 4 N–H and O–H groups in total. The lowest BCUT2D eigenvalue weighted by molar-refractivity contribution is -0.139. The van der Waals surface area contributed by atoms with Crippen LogP contribution in [0, 0.1) is 0 Å². The van der Waals surface area contributed by atoms with Gasteiger partial charge in [0.15, 0.2) is 0 Å². The first-order valence-electron chi connectivity index (χ1n) is 10.6. The molecule has 1 fully saturated rings. The van der Waals surface area contributed by atoms with Crippen LogP contribution in [0.1, 0.15) is 24.0 Å². The van der Waals surface area contributed by atoms with Crippen molar-refractivity contribution in [2.45, 2.75) is 30.7 Å². The second kappa shape index (κ2) is 10.7. The maximum absolute atomic E-state index is 13.2. The highest BCUT2D eigenvalue weighted by Crippen LogP contribution is 2.49. The summed E-state index contributed by atoms with van der Waals surface area (Å²) in [7, 11) is 0. The Bertz CT molecular complexity index is 1010. The average molecular weight is 453 g/mol. The molecule has 2 atom stereocenters. The Morgan fingerprint density at radius 3 is 2.52 bits per heavy atom. The minimum absolute atomic E-state index is 0.0601. The minimum Gasteiger partial charge on any atom is -0.483 e. The fraction of sp³-hybridized carbons (Fsp3) is 0.333. The molecule has 0 saturated carbocycles. The van der Waals surface area contributed by atoms with E-state index in [4.69, 9.17) is 20.4 Å². The van der Waals surface area contributed by atoms with Gasteiger partial charge in [0.05, 0.1) is 11.5 Å². The van der Waals surface area contributed by atoms with Gasteiger partial charge in [-0.1, -0.05) is 48.5 Å². The molecule has 174 valence electrons. The summed E-state index contributed by atoms with van der Waals surface area (Å²) in [5.74, 6) is -0.913. The van der Waals surface area contributed by atoms with E-state index < -0.39 is 11.3 Å². The molecule has 9 nitrogen and oxygen atoms in total. The molecule has 1 spiro atoms. The highest BCUT2D eigenvalue weighted by molar-refractivity contribution is 6.07. The van der Waals surface area contributed by atoms with E-state index in [0.717, 1.165) is 23.2 Å². The molecule has 1 saturated heterocycles. The number of primary amides is 1. The number of carbonyl (C=O) groups is 4. The largest absolute Gasteiger partial charge is 0.483 e. The van der Waals surface area contributed by atoms with Crippen LogP contribution in [-0.4, -0.2) is 60.0 Å². The van der Waals surface area contributed by atoms with Gasteiger partial charge in [-0.25, -0.2) is 0 Å². The van der Waals surface area contributed by atoms with Gasteiger partial charge in [0, 0.05) is 12.2 Å². The number of nitrogens with two attached hydrogens (primary N) is 1. The van der Waals surface area contributed by atoms with Crippen LogP contribution in [0.5, 0.6) is 0 Å². The van der Waals surface area contributed by atoms with Crippen molar-refractivity contribution in [3.8, 4) is 0 Å². The van der Waals surface area contributed by atoms with Crippen LogP contribution in [0.25, 0.3) is 0 Å². The number of aryl methyl sites for hydroxylation is 1. The molecule has 0 aromatic heterocycles. The maximum atomic E-state index is 13.2. The first-order chi connectivity index (χ1) is 15.9. The lowest BCUT2D eigenvalue weighted by Crippen LogP contribution is -2.49. The van der Waals surface area contributed by atoms with Crippen LogP contribution in [0.15, 0.2) is 54.6 Å². The van der Waals surface area contributed by atoms with Crippen LogP contribution in [0.3, 0.4) is 0 Å². The number of ether oxygens (including phenoxy) is 1. The first-order valence-corrected chi connectivity index (χ1v) is 10.6. The number of amides is 3. The molecule has 2 aromatic carbocycles. The summed E-state index contributed by atoms with van der Waals surface area (Å²) in [6, 6.07) is 17.4. The Morgan fingerprint density at radius 2 is 1.82 bits per heavy atom. The average Bonchev–Trinajstić information content (AvgIpc) is 3.32. The van der Waals surface area contributed by atoms with Gasteiger partial charge in [-0.3, -0.25) is 19.2 Å². The molecule has 2 heterocycles. The molecule has 0 aliphatic carbocycles. The minimum atomic E-state index is -0.773. The lowest BCUT2D eigenvalue weighted by atomic mass is 9.73. The van der Waals surface area contributed by atoms with Gasteiger partial charge >= 0.3 is 0 Å². The third-order valence-electron chi connectivity index (χ3n) is 6.09. The fourth-order valence-electron chi connectivity index (χ4n) is 4.77. The van der Waals surface area contributed by atoms with Crippen LogP contribution >= 0.6 is 0 Å². The van der Waals surface area contributed by atoms with Crippen LogP contribution in [0.4, 0.5) is 5.69 Å². The molecule has 2 aliphatic rings. The van der Waals surface area contributed by atoms with Crippen LogP contribution in [-0.2, 0) is 35.8 Å². The highest BCUT2D eigenvalue weighted by Gasteiger charge is 2.58. The van der Waals surface area contributed by atoms with E-state index >= 15 is 0 Å². The summed E-state index contributed by atoms with van der Waals surface area (Å²) in [5.41, 5.74) is 7.24. The van der Waals surface area contributed by atoms with E-state index in [-0.39, 0.29) is 37.5 Å². The van der Waals surface area contributed by atoms with E-state index in [1.54, 1.807) is 4.90 Å². The third-order valence-corrected chi connectivity index (χ3v) is 6.09. The van der Waals surface area contributed by atoms with Crippen molar-refractivity contribution in [3.63, 3.8) is 0 Å². The number of carboxylic acid groups (broad SMARTS) is 1. The van der Waals surface area contributed by atoms with E-state index in [1.807, 2.05) is 54.6 Å². The van der Waals surface area contributed by atoms with Crippen molar-refractivity contribution in [1.29, 1.82) is 0 Å². The van der Waals surface area contributed by atoms with E-state index in [9.17, 15) is 14.4 Å². The van der Waals surface area contributed by atoms with Gasteiger partial charge in [-0.15, -0.1) is 0 Å². The molecule has 2 aromatic rings. The number of nitrogens with zero attached hydrogens (tertiary/aromatic N) is 1. The Kier molecular flexibility index (Phi) is 7.78. The lowest BCUT2D eigenvalue weighted by Gasteiger charge is -2.34. The van der Waals surface area contributed by atoms with Crippen molar-refractivity contribution in [1.82, 2.24) is 4.90 Å². The topological polar surface area (TPSA) is 139 Å². The molecule has 0 unspecified atom stereocenters. The van der Waals surface area contributed by atoms with Gasteiger partial charge in [0.1, 0.15) is 13.2 Å². The summed E-state index contributed by atoms with van der Waals surface area (Å²) < 4.78 is 5.16. The molecule has 0 radical (unpaired) electrons. The molecular weight excluding hydrogens is 426 g/mol. The van der Waals surface area contributed by atoms with E-state index in [0.29, 0.717) is 19.4 Å². The fourth-order valence-corrected chi connectivity index (χ4v) is 4.77. The summed E-state index contributed by atoms with van der Waals surface area (Å²) in [5, 5.41) is 9.90. The molecule has 9 heteroatoms. The zero-order valence-corrected chi connectivity index (χ0v) is 18.1. The number of para-hydroxylation sites is 1. The SMILES string of the molecule is NC(=O)COCC(=O)N1CC[C@@]2(C(=O)Nc3ccccc32)[C@@H]1CCc1ccccc1.O=CO. The number of carbonyl (C=O) groups excluding carboxylic acids is 3. The summed E-state index contributed by atoms with van der Waals surface area (Å²) in [6.07, 6.45) is 1.94. The third kappa shape index (κ3) is 5.04. The molecule has 4 rings (SSSR count). The van der Waals surface area contributed by atoms with Gasteiger partial charge < -0.3 is 25.8 Å².